The number of carbonyl (C=O) groups is 1. The van der Waals surface area contributed by atoms with Crippen LogP contribution in [0.15, 0.2) is 53.7 Å². The molecule has 1 saturated heterocycles. The maximum Gasteiger partial charge on any atom is 0.254 e. The molecule has 1 aliphatic rings. The molecule has 0 bridgehead atoms. The number of aromatic nitrogens is 3. The minimum absolute atomic E-state index is 0.0688. The Labute approximate surface area is 179 Å². The van der Waals surface area contributed by atoms with Crippen LogP contribution < -0.4 is 0 Å². The van der Waals surface area contributed by atoms with Crippen molar-refractivity contribution in [1.29, 1.82) is 0 Å². The van der Waals surface area contributed by atoms with Gasteiger partial charge in [-0.1, -0.05) is 42.1 Å². The summed E-state index contributed by atoms with van der Waals surface area (Å²) >= 11 is 1.42. The summed E-state index contributed by atoms with van der Waals surface area (Å²) in [6.07, 6.45) is 2.10. The molecule has 0 unspecified atom stereocenters. The Balaban J connectivity index is 1.61. The summed E-state index contributed by atoms with van der Waals surface area (Å²) in [6, 6.07) is 14.1. The first-order valence-corrected chi connectivity index (χ1v) is 10.9. The van der Waals surface area contributed by atoms with Gasteiger partial charge in [0.1, 0.15) is 12.4 Å². The van der Waals surface area contributed by atoms with Crippen LogP contribution in [0.1, 0.15) is 34.6 Å². The van der Waals surface area contributed by atoms with E-state index in [-0.39, 0.29) is 18.3 Å². The fourth-order valence-electron chi connectivity index (χ4n) is 3.58. The second-order valence-electron chi connectivity index (χ2n) is 7.06. The highest BCUT2D eigenvalue weighted by molar-refractivity contribution is 7.98. The number of ether oxygens (including phenoxy) is 1. The number of likely N-dealkylation sites (tertiary alicyclic amines) is 1. The molecule has 30 heavy (non-hydrogen) atoms. The third-order valence-corrected chi connectivity index (χ3v) is 6.04. The molecule has 3 aromatic rings. The van der Waals surface area contributed by atoms with Gasteiger partial charge in [0.25, 0.3) is 5.91 Å². The molecule has 4 rings (SSSR count). The lowest BCUT2D eigenvalue weighted by Gasteiger charge is -2.17. The van der Waals surface area contributed by atoms with E-state index in [9.17, 15) is 9.18 Å². The van der Waals surface area contributed by atoms with Crippen molar-refractivity contribution in [2.45, 2.75) is 30.4 Å². The minimum Gasteiger partial charge on any atom is -0.377 e. The zero-order chi connectivity index (χ0) is 20.9. The number of methoxy groups -OCH3 is 1. The van der Waals surface area contributed by atoms with Crippen LogP contribution in [0.3, 0.4) is 0 Å². The van der Waals surface area contributed by atoms with Crippen molar-refractivity contribution in [1.82, 2.24) is 19.7 Å². The van der Waals surface area contributed by atoms with Crippen molar-refractivity contribution in [3.05, 3.63) is 71.3 Å². The number of nitrogens with zero attached hydrogens (tertiary/aromatic N) is 4. The number of benzene rings is 2. The van der Waals surface area contributed by atoms with Gasteiger partial charge in [-0.05, 0) is 36.6 Å². The lowest BCUT2D eigenvalue weighted by atomic mass is 10.1. The molecular formula is C22H23FN4O2S. The van der Waals surface area contributed by atoms with E-state index < -0.39 is 0 Å². The third-order valence-electron chi connectivity index (χ3n) is 5.06. The molecule has 1 aromatic heterocycles. The number of para-hydroxylation sites is 1. The fraction of sp³-hybridized carbons (Fsp3) is 0.318. The second-order valence-corrected chi connectivity index (χ2v) is 8.01. The van der Waals surface area contributed by atoms with Gasteiger partial charge < -0.3 is 9.64 Å². The van der Waals surface area contributed by atoms with Crippen molar-refractivity contribution in [3.8, 4) is 5.69 Å². The average Bonchev–Trinajstić information content (AvgIpc) is 3.43. The van der Waals surface area contributed by atoms with Crippen LogP contribution in [0.5, 0.6) is 0 Å². The number of halogens is 1. The predicted molar refractivity (Wildman–Crippen MR) is 113 cm³/mol. The molecule has 156 valence electrons. The van der Waals surface area contributed by atoms with Crippen LogP contribution in [-0.2, 0) is 17.1 Å². The molecule has 0 spiro atoms. The monoisotopic (exact) mass is 426 g/mol. The Bertz CT molecular complexity index is 1030. The van der Waals surface area contributed by atoms with E-state index in [4.69, 9.17) is 4.74 Å². The first kappa shape index (κ1) is 20.6. The van der Waals surface area contributed by atoms with Gasteiger partial charge in [-0.2, -0.15) is 0 Å². The molecule has 1 fully saturated rings. The zero-order valence-corrected chi connectivity index (χ0v) is 17.6. The molecular weight excluding hydrogens is 403 g/mol. The van der Waals surface area contributed by atoms with E-state index in [0.29, 0.717) is 28.0 Å². The second kappa shape index (κ2) is 9.40. The third kappa shape index (κ3) is 4.24. The Morgan fingerprint density at radius 2 is 1.83 bits per heavy atom. The molecule has 0 atom stereocenters. The van der Waals surface area contributed by atoms with Gasteiger partial charge in [-0.25, -0.2) is 4.39 Å². The molecule has 2 heterocycles. The van der Waals surface area contributed by atoms with Crippen molar-refractivity contribution >= 4 is 17.7 Å². The van der Waals surface area contributed by atoms with Crippen LogP contribution in [-0.4, -0.2) is 45.8 Å². The molecule has 0 N–H and O–H groups in total. The van der Waals surface area contributed by atoms with E-state index in [0.717, 1.165) is 31.5 Å². The fourth-order valence-corrected chi connectivity index (χ4v) is 4.55. The highest BCUT2D eigenvalue weighted by Gasteiger charge is 2.22. The van der Waals surface area contributed by atoms with Crippen molar-refractivity contribution in [2.75, 3.05) is 20.2 Å². The number of carbonyl (C=O) groups excluding carboxylic acids is 1. The summed E-state index contributed by atoms with van der Waals surface area (Å²) in [7, 11) is 1.56. The normalized spacial score (nSPS) is 13.7. The summed E-state index contributed by atoms with van der Waals surface area (Å²) in [6.45, 7) is 1.83. The highest BCUT2D eigenvalue weighted by Crippen LogP contribution is 2.28. The Kier molecular flexibility index (Phi) is 6.44. The topological polar surface area (TPSA) is 60.3 Å². The lowest BCUT2D eigenvalue weighted by Crippen LogP contribution is -2.28. The molecule has 0 radical (unpaired) electrons. The number of amides is 1. The standard InChI is InChI=1S/C22H23FN4O2S/c1-29-14-20-24-25-22(27(20)19-11-5-4-10-18(19)23)30-15-16-8-2-3-9-17(16)21(28)26-12-6-7-13-26/h2-5,8-11H,6-7,12-15H2,1H3. The van der Waals surface area contributed by atoms with E-state index in [1.807, 2.05) is 29.2 Å². The maximum absolute atomic E-state index is 14.5. The van der Waals surface area contributed by atoms with Gasteiger partial charge in [-0.3, -0.25) is 9.36 Å². The molecule has 8 heteroatoms. The minimum atomic E-state index is -0.360. The summed E-state index contributed by atoms with van der Waals surface area (Å²) in [5.74, 6) is 0.752. The quantitative estimate of drug-likeness (QED) is 0.533. The van der Waals surface area contributed by atoms with Gasteiger partial charge in [0.2, 0.25) is 0 Å². The molecule has 1 aliphatic heterocycles. The number of thioether (sulfide) groups is 1. The summed E-state index contributed by atoms with van der Waals surface area (Å²) in [4.78, 5) is 14.8. The first-order valence-electron chi connectivity index (χ1n) is 9.87. The van der Waals surface area contributed by atoms with Gasteiger partial charge in [0.15, 0.2) is 11.0 Å². The number of hydrogen-bond donors (Lipinski definition) is 0. The summed E-state index contributed by atoms with van der Waals surface area (Å²) in [5, 5.41) is 8.99. The van der Waals surface area contributed by atoms with Gasteiger partial charge in [0.05, 0.1) is 5.69 Å². The van der Waals surface area contributed by atoms with Gasteiger partial charge in [0, 0.05) is 31.5 Å². The number of rotatable bonds is 7. The Hall–Kier alpha value is -2.71. The van der Waals surface area contributed by atoms with Crippen LogP contribution in [0.2, 0.25) is 0 Å². The van der Waals surface area contributed by atoms with E-state index in [1.54, 1.807) is 29.9 Å². The SMILES string of the molecule is COCc1nnc(SCc2ccccc2C(=O)N2CCCC2)n1-c1ccccc1F. The van der Waals surface area contributed by atoms with Gasteiger partial charge in [-0.15, -0.1) is 10.2 Å². The van der Waals surface area contributed by atoms with E-state index in [1.165, 1.54) is 17.8 Å². The van der Waals surface area contributed by atoms with Crippen LogP contribution >= 0.6 is 11.8 Å². The van der Waals surface area contributed by atoms with Gasteiger partial charge >= 0.3 is 0 Å². The Morgan fingerprint density at radius 1 is 1.10 bits per heavy atom. The predicted octanol–water partition coefficient (Wildman–Crippen LogP) is 4.08. The van der Waals surface area contributed by atoms with E-state index >= 15 is 0 Å². The first-order chi connectivity index (χ1) is 14.7. The van der Waals surface area contributed by atoms with Crippen molar-refractivity contribution < 1.29 is 13.9 Å². The lowest BCUT2D eigenvalue weighted by molar-refractivity contribution is 0.0792. The summed E-state index contributed by atoms with van der Waals surface area (Å²) in [5.41, 5.74) is 2.01. The molecule has 2 aromatic carbocycles. The Morgan fingerprint density at radius 3 is 2.60 bits per heavy atom. The van der Waals surface area contributed by atoms with Crippen molar-refractivity contribution in [3.63, 3.8) is 0 Å². The number of hydrogen-bond acceptors (Lipinski definition) is 5. The maximum atomic E-state index is 14.5. The zero-order valence-electron chi connectivity index (χ0n) is 16.8. The van der Waals surface area contributed by atoms with E-state index in [2.05, 4.69) is 10.2 Å². The van der Waals surface area contributed by atoms with Crippen LogP contribution in [0.25, 0.3) is 5.69 Å². The molecule has 1 amide bonds. The molecule has 0 saturated carbocycles. The van der Waals surface area contributed by atoms with Crippen LogP contribution in [0, 0.1) is 5.82 Å². The highest BCUT2D eigenvalue weighted by atomic mass is 32.2. The van der Waals surface area contributed by atoms with Crippen LogP contribution in [0.4, 0.5) is 4.39 Å². The smallest absolute Gasteiger partial charge is 0.254 e. The summed E-state index contributed by atoms with van der Waals surface area (Å²) < 4.78 is 21.4. The van der Waals surface area contributed by atoms with Crippen molar-refractivity contribution in [2.24, 2.45) is 0 Å². The largest absolute Gasteiger partial charge is 0.377 e. The molecule has 6 nitrogen and oxygen atoms in total. The molecule has 0 aliphatic carbocycles. The average molecular weight is 427 g/mol.